The van der Waals surface area contributed by atoms with E-state index >= 15 is 0 Å². The van der Waals surface area contributed by atoms with Crippen molar-refractivity contribution in [1.82, 2.24) is 5.32 Å². The van der Waals surface area contributed by atoms with Gasteiger partial charge in [0.2, 0.25) is 15.9 Å². The van der Waals surface area contributed by atoms with E-state index in [-0.39, 0.29) is 18.6 Å². The minimum atomic E-state index is -3.60. The highest BCUT2D eigenvalue weighted by Gasteiger charge is 2.20. The topological polar surface area (TPSA) is 88.8 Å². The van der Waals surface area contributed by atoms with Crippen LogP contribution in [0.1, 0.15) is 26.0 Å². The number of anilines is 1. The average Bonchev–Trinajstić information content (AvgIpc) is 3.15. The van der Waals surface area contributed by atoms with E-state index in [1.165, 1.54) is 0 Å². The molecule has 0 aliphatic heterocycles. The summed E-state index contributed by atoms with van der Waals surface area (Å²) in [6, 6.07) is 10.4. The number of thioether (sulfide) groups is 1. The highest BCUT2D eigenvalue weighted by Crippen LogP contribution is 2.22. The Bertz CT molecular complexity index is 850. The van der Waals surface area contributed by atoms with E-state index in [1.807, 2.05) is 26.0 Å². The molecular weight excluding hydrogens is 412 g/mol. The first-order valence-corrected chi connectivity index (χ1v) is 12.4. The Kier molecular flexibility index (Phi) is 8.91. The van der Waals surface area contributed by atoms with Crippen molar-refractivity contribution in [3.63, 3.8) is 0 Å². The normalized spacial score (nSPS) is 11.4. The number of hydrogen-bond donors (Lipinski definition) is 1. The Morgan fingerprint density at radius 3 is 2.55 bits per heavy atom. The lowest BCUT2D eigenvalue weighted by atomic mass is 10.3. The standard InChI is InChI=1S/C20H28N2O5S2/c1-16(2)27-18-9-7-17(8-10-18)22(29(3,24)25)14-20(23)21-11-5-13-28-15-19-6-4-12-26-19/h4,6-10,12,16H,5,11,13-15H2,1-3H3,(H,21,23). The fraction of sp³-hybridized carbons (Fsp3) is 0.450. The highest BCUT2D eigenvalue weighted by atomic mass is 32.2. The molecule has 2 aromatic rings. The second-order valence-electron chi connectivity index (χ2n) is 6.77. The number of furan rings is 1. The van der Waals surface area contributed by atoms with Gasteiger partial charge in [-0.15, -0.1) is 0 Å². The molecule has 7 nitrogen and oxygen atoms in total. The van der Waals surface area contributed by atoms with Crippen molar-refractivity contribution in [2.75, 3.05) is 29.4 Å². The Hall–Kier alpha value is -2.13. The lowest BCUT2D eigenvalue weighted by Crippen LogP contribution is -2.40. The van der Waals surface area contributed by atoms with Gasteiger partial charge in [-0.05, 0) is 62.4 Å². The molecule has 1 heterocycles. The van der Waals surface area contributed by atoms with Crippen LogP contribution in [0, 0.1) is 0 Å². The van der Waals surface area contributed by atoms with Crippen molar-refractivity contribution in [2.45, 2.75) is 32.1 Å². The van der Waals surface area contributed by atoms with Gasteiger partial charge in [0, 0.05) is 6.54 Å². The zero-order chi connectivity index (χ0) is 21.3. The van der Waals surface area contributed by atoms with E-state index in [0.717, 1.165) is 34.2 Å². The van der Waals surface area contributed by atoms with Crippen molar-refractivity contribution in [3.05, 3.63) is 48.4 Å². The molecule has 29 heavy (non-hydrogen) atoms. The molecule has 0 spiro atoms. The number of amides is 1. The van der Waals surface area contributed by atoms with Gasteiger partial charge in [0.1, 0.15) is 18.1 Å². The Labute approximate surface area is 176 Å². The second kappa shape index (κ2) is 11.2. The molecule has 160 valence electrons. The first-order valence-electron chi connectivity index (χ1n) is 9.37. The van der Waals surface area contributed by atoms with E-state index in [9.17, 15) is 13.2 Å². The molecule has 9 heteroatoms. The van der Waals surface area contributed by atoms with Crippen molar-refractivity contribution < 1.29 is 22.4 Å². The van der Waals surface area contributed by atoms with E-state index in [1.54, 1.807) is 42.3 Å². The number of sulfonamides is 1. The second-order valence-corrected chi connectivity index (χ2v) is 9.78. The van der Waals surface area contributed by atoms with Crippen LogP contribution in [-0.2, 0) is 20.6 Å². The van der Waals surface area contributed by atoms with Crippen LogP contribution in [0.25, 0.3) is 0 Å². The number of nitrogens with zero attached hydrogens (tertiary/aromatic N) is 1. The molecule has 1 aromatic carbocycles. The first-order chi connectivity index (χ1) is 13.8. The first kappa shape index (κ1) is 23.2. The quantitative estimate of drug-likeness (QED) is 0.510. The van der Waals surface area contributed by atoms with Crippen molar-refractivity contribution in [1.29, 1.82) is 0 Å². The zero-order valence-electron chi connectivity index (χ0n) is 17.0. The largest absolute Gasteiger partial charge is 0.491 e. The van der Waals surface area contributed by atoms with Gasteiger partial charge in [-0.1, -0.05) is 0 Å². The maximum Gasteiger partial charge on any atom is 0.240 e. The van der Waals surface area contributed by atoms with Crippen LogP contribution < -0.4 is 14.4 Å². The van der Waals surface area contributed by atoms with Crippen molar-refractivity contribution >= 4 is 33.4 Å². The van der Waals surface area contributed by atoms with E-state index < -0.39 is 10.0 Å². The van der Waals surface area contributed by atoms with Crippen molar-refractivity contribution in [2.24, 2.45) is 0 Å². The molecule has 0 aliphatic rings. The van der Waals surface area contributed by atoms with Crippen LogP contribution in [0.4, 0.5) is 5.69 Å². The predicted octanol–water partition coefficient (Wildman–Crippen LogP) is 3.27. The van der Waals surface area contributed by atoms with Gasteiger partial charge in [-0.2, -0.15) is 11.8 Å². The number of hydrogen-bond acceptors (Lipinski definition) is 6. The summed E-state index contributed by atoms with van der Waals surface area (Å²) < 4.78 is 36.2. The molecule has 0 saturated carbocycles. The summed E-state index contributed by atoms with van der Waals surface area (Å²) in [6.07, 6.45) is 3.55. The minimum Gasteiger partial charge on any atom is -0.491 e. The Morgan fingerprint density at radius 2 is 1.97 bits per heavy atom. The molecule has 1 N–H and O–H groups in total. The molecule has 0 radical (unpaired) electrons. The fourth-order valence-electron chi connectivity index (χ4n) is 2.52. The van der Waals surface area contributed by atoms with E-state index in [4.69, 9.17) is 9.15 Å². The lowest BCUT2D eigenvalue weighted by molar-refractivity contribution is -0.119. The van der Waals surface area contributed by atoms with Gasteiger partial charge in [-0.3, -0.25) is 9.10 Å². The molecule has 0 aliphatic carbocycles. The number of carbonyl (C=O) groups is 1. The van der Waals surface area contributed by atoms with Gasteiger partial charge in [-0.25, -0.2) is 8.42 Å². The van der Waals surface area contributed by atoms with E-state index in [0.29, 0.717) is 18.0 Å². The maximum atomic E-state index is 12.2. The molecule has 1 amide bonds. The van der Waals surface area contributed by atoms with E-state index in [2.05, 4.69) is 5.32 Å². The Morgan fingerprint density at radius 1 is 1.24 bits per heavy atom. The summed E-state index contributed by atoms with van der Waals surface area (Å²) in [5.74, 6) is 2.89. The minimum absolute atomic E-state index is 0.0230. The molecule has 0 atom stereocenters. The van der Waals surface area contributed by atoms with Gasteiger partial charge in [0.15, 0.2) is 0 Å². The zero-order valence-corrected chi connectivity index (χ0v) is 18.6. The van der Waals surface area contributed by atoms with Crippen LogP contribution in [0.3, 0.4) is 0 Å². The summed E-state index contributed by atoms with van der Waals surface area (Å²) in [4.78, 5) is 12.2. The summed E-state index contributed by atoms with van der Waals surface area (Å²) in [6.45, 7) is 4.05. The van der Waals surface area contributed by atoms with Crippen LogP contribution in [-0.4, -0.2) is 45.5 Å². The van der Waals surface area contributed by atoms with Crippen LogP contribution in [0.15, 0.2) is 47.1 Å². The number of ether oxygens (including phenoxy) is 1. The molecule has 0 fully saturated rings. The van der Waals surface area contributed by atoms with Gasteiger partial charge >= 0.3 is 0 Å². The third kappa shape index (κ3) is 8.41. The SMILES string of the molecule is CC(C)Oc1ccc(N(CC(=O)NCCCSCc2ccco2)S(C)(=O)=O)cc1. The third-order valence-electron chi connectivity index (χ3n) is 3.80. The predicted molar refractivity (Wildman–Crippen MR) is 117 cm³/mol. The van der Waals surface area contributed by atoms with Crippen LogP contribution in [0.5, 0.6) is 5.75 Å². The van der Waals surface area contributed by atoms with Gasteiger partial charge < -0.3 is 14.5 Å². The molecule has 1 aromatic heterocycles. The smallest absolute Gasteiger partial charge is 0.240 e. The molecule has 0 bridgehead atoms. The monoisotopic (exact) mass is 440 g/mol. The highest BCUT2D eigenvalue weighted by molar-refractivity contribution is 7.98. The summed E-state index contributed by atoms with van der Waals surface area (Å²) >= 11 is 1.72. The lowest BCUT2D eigenvalue weighted by Gasteiger charge is -2.22. The average molecular weight is 441 g/mol. The molecule has 0 saturated heterocycles. The maximum absolute atomic E-state index is 12.2. The van der Waals surface area contributed by atoms with Crippen LogP contribution in [0.2, 0.25) is 0 Å². The Balaban J connectivity index is 1.80. The number of carbonyl (C=O) groups excluding carboxylic acids is 1. The molecule has 2 rings (SSSR count). The molecule has 0 unspecified atom stereocenters. The summed E-state index contributed by atoms with van der Waals surface area (Å²) in [5.41, 5.74) is 0.424. The number of nitrogens with one attached hydrogen (secondary N) is 1. The summed E-state index contributed by atoms with van der Waals surface area (Å²) in [7, 11) is -3.60. The number of rotatable bonds is 12. The van der Waals surface area contributed by atoms with Crippen molar-refractivity contribution in [3.8, 4) is 5.75 Å². The van der Waals surface area contributed by atoms with Crippen LogP contribution >= 0.6 is 11.8 Å². The third-order valence-corrected chi connectivity index (χ3v) is 6.00. The number of benzene rings is 1. The summed E-state index contributed by atoms with van der Waals surface area (Å²) in [5, 5.41) is 2.78. The fourth-order valence-corrected chi connectivity index (χ4v) is 4.23. The van der Waals surface area contributed by atoms with Gasteiger partial charge in [0.25, 0.3) is 0 Å². The molecular formula is C20H28N2O5S2. The van der Waals surface area contributed by atoms with Gasteiger partial charge in [0.05, 0.1) is 30.1 Å².